The maximum Gasteiger partial charge on any atom is 0.264 e. The summed E-state index contributed by atoms with van der Waals surface area (Å²) in [5.74, 6) is -0.154. The molecule has 7 heteroatoms. The number of nitrogens with one attached hydrogen (secondary N) is 1. The molecule has 0 aromatic heterocycles. The Morgan fingerprint density at radius 2 is 1.61 bits per heavy atom. The van der Waals surface area contributed by atoms with E-state index < -0.39 is 10.0 Å². The van der Waals surface area contributed by atoms with E-state index in [-0.39, 0.29) is 23.8 Å². The van der Waals surface area contributed by atoms with E-state index in [1.54, 1.807) is 42.5 Å². The topological polar surface area (TPSA) is 69.7 Å². The van der Waals surface area contributed by atoms with Gasteiger partial charge in [0.15, 0.2) is 0 Å². The number of sulfonamides is 1. The molecular weight excluding hydrogens is 374 g/mol. The molecule has 0 aliphatic heterocycles. The van der Waals surface area contributed by atoms with Crippen LogP contribution in [0.5, 0.6) is 0 Å². The molecule has 0 radical (unpaired) electrons. The molecule has 0 unspecified atom stereocenters. The molecular formula is C21H29N3O3S. The molecule has 2 aromatic carbocycles. The number of amides is 1. The number of aryl methyl sites for hydroxylation is 1. The number of carbonyl (C=O) groups excluding carboxylic acids is 1. The average molecular weight is 404 g/mol. The van der Waals surface area contributed by atoms with Crippen LogP contribution < -0.4 is 9.62 Å². The van der Waals surface area contributed by atoms with E-state index in [4.69, 9.17) is 0 Å². The molecule has 0 bridgehead atoms. The minimum absolute atomic E-state index is 0.0831. The Bertz CT molecular complexity index is 850. The fraction of sp³-hybridized carbons (Fsp3) is 0.381. The standard InChI is InChI=1S/C21H29N3O3S/c1-18-10-12-19(13-11-18)24(28(26,27)20-8-5-4-6-9-20)17-14-21(25)22-15-7-16-23(2)3/h4-6,8-13H,7,14-17H2,1-3H3,(H,22,25). The number of benzene rings is 2. The van der Waals surface area contributed by atoms with Crippen molar-refractivity contribution < 1.29 is 13.2 Å². The average Bonchev–Trinajstić information content (AvgIpc) is 2.67. The van der Waals surface area contributed by atoms with Gasteiger partial charge in [-0.2, -0.15) is 0 Å². The third kappa shape index (κ3) is 6.35. The lowest BCUT2D eigenvalue weighted by Crippen LogP contribution is -2.36. The van der Waals surface area contributed by atoms with Gasteiger partial charge in [0, 0.05) is 19.5 Å². The second-order valence-corrected chi connectivity index (χ2v) is 8.84. The normalized spacial score (nSPS) is 11.4. The monoisotopic (exact) mass is 403 g/mol. The van der Waals surface area contributed by atoms with E-state index in [9.17, 15) is 13.2 Å². The molecule has 1 amide bonds. The molecule has 6 nitrogen and oxygen atoms in total. The zero-order valence-corrected chi connectivity index (χ0v) is 17.6. The summed E-state index contributed by atoms with van der Waals surface area (Å²) < 4.78 is 27.6. The maximum atomic E-state index is 13.2. The van der Waals surface area contributed by atoms with Gasteiger partial charge in [-0.3, -0.25) is 9.10 Å². The molecule has 1 N–H and O–H groups in total. The Labute approximate surface area is 168 Å². The van der Waals surface area contributed by atoms with Crippen LogP contribution >= 0.6 is 0 Å². The lowest BCUT2D eigenvalue weighted by atomic mass is 10.2. The third-order valence-corrected chi connectivity index (χ3v) is 6.14. The van der Waals surface area contributed by atoms with E-state index in [1.807, 2.05) is 33.2 Å². The van der Waals surface area contributed by atoms with E-state index in [2.05, 4.69) is 10.2 Å². The van der Waals surface area contributed by atoms with Crippen LogP contribution in [0.1, 0.15) is 18.4 Å². The summed E-state index contributed by atoms with van der Waals surface area (Å²) in [6.45, 7) is 3.49. The summed E-state index contributed by atoms with van der Waals surface area (Å²) in [6.07, 6.45) is 0.949. The molecule has 0 saturated carbocycles. The summed E-state index contributed by atoms with van der Waals surface area (Å²) in [5.41, 5.74) is 1.59. The van der Waals surface area contributed by atoms with Crippen LogP contribution in [0, 0.1) is 6.92 Å². The minimum atomic E-state index is -3.75. The Morgan fingerprint density at radius 1 is 0.964 bits per heavy atom. The third-order valence-electron chi connectivity index (χ3n) is 4.30. The minimum Gasteiger partial charge on any atom is -0.356 e. The Kier molecular flexibility index (Phi) is 8.02. The highest BCUT2D eigenvalue weighted by Crippen LogP contribution is 2.24. The second-order valence-electron chi connectivity index (χ2n) is 6.98. The number of hydrogen-bond donors (Lipinski definition) is 1. The van der Waals surface area contributed by atoms with Crippen LogP contribution in [-0.2, 0) is 14.8 Å². The van der Waals surface area contributed by atoms with Gasteiger partial charge in [-0.15, -0.1) is 0 Å². The summed E-state index contributed by atoms with van der Waals surface area (Å²) in [4.78, 5) is 14.5. The Balaban J connectivity index is 2.12. The zero-order chi connectivity index (χ0) is 20.6. The van der Waals surface area contributed by atoms with Gasteiger partial charge in [-0.05, 0) is 58.3 Å². The quantitative estimate of drug-likeness (QED) is 0.619. The van der Waals surface area contributed by atoms with E-state index in [1.165, 1.54) is 4.31 Å². The largest absolute Gasteiger partial charge is 0.356 e. The van der Waals surface area contributed by atoms with Crippen molar-refractivity contribution in [2.24, 2.45) is 0 Å². The molecule has 2 aromatic rings. The van der Waals surface area contributed by atoms with Gasteiger partial charge in [0.25, 0.3) is 10.0 Å². The van der Waals surface area contributed by atoms with Crippen LogP contribution in [0.3, 0.4) is 0 Å². The first kappa shape index (κ1) is 21.9. The molecule has 0 spiro atoms. The highest BCUT2D eigenvalue weighted by molar-refractivity contribution is 7.92. The van der Waals surface area contributed by atoms with Gasteiger partial charge >= 0.3 is 0 Å². The molecule has 0 heterocycles. The molecule has 0 saturated heterocycles. The zero-order valence-electron chi connectivity index (χ0n) is 16.8. The maximum absolute atomic E-state index is 13.2. The summed E-state index contributed by atoms with van der Waals surface area (Å²) >= 11 is 0. The molecule has 2 rings (SSSR count). The first-order valence-corrected chi connectivity index (χ1v) is 10.8. The number of nitrogens with zero attached hydrogens (tertiary/aromatic N) is 2. The molecule has 152 valence electrons. The van der Waals surface area contributed by atoms with Crippen LogP contribution in [0.2, 0.25) is 0 Å². The summed E-state index contributed by atoms with van der Waals surface area (Å²) in [7, 11) is 0.211. The fourth-order valence-corrected chi connectivity index (χ4v) is 4.22. The van der Waals surface area contributed by atoms with Crippen LogP contribution in [0.4, 0.5) is 5.69 Å². The number of rotatable bonds is 10. The van der Waals surface area contributed by atoms with Crippen molar-refractivity contribution >= 4 is 21.6 Å². The Morgan fingerprint density at radius 3 is 2.21 bits per heavy atom. The first-order valence-electron chi connectivity index (χ1n) is 9.36. The molecule has 0 fully saturated rings. The number of hydrogen-bond acceptors (Lipinski definition) is 4. The van der Waals surface area contributed by atoms with Crippen molar-refractivity contribution in [2.75, 3.05) is 38.0 Å². The van der Waals surface area contributed by atoms with E-state index in [0.29, 0.717) is 12.2 Å². The van der Waals surface area contributed by atoms with Crippen LogP contribution in [-0.4, -0.2) is 53.0 Å². The molecule has 0 aliphatic rings. The summed E-state index contributed by atoms with van der Waals surface area (Å²) in [5, 5.41) is 2.86. The molecule has 0 atom stereocenters. The van der Waals surface area contributed by atoms with Gasteiger partial charge in [0.05, 0.1) is 10.6 Å². The predicted octanol–water partition coefficient (Wildman–Crippen LogP) is 2.65. The number of anilines is 1. The fourth-order valence-electron chi connectivity index (χ4n) is 2.73. The second kappa shape index (κ2) is 10.2. The van der Waals surface area contributed by atoms with Crippen molar-refractivity contribution in [3.8, 4) is 0 Å². The van der Waals surface area contributed by atoms with E-state index >= 15 is 0 Å². The molecule has 28 heavy (non-hydrogen) atoms. The van der Waals surface area contributed by atoms with Gasteiger partial charge < -0.3 is 10.2 Å². The van der Waals surface area contributed by atoms with E-state index in [0.717, 1.165) is 18.5 Å². The van der Waals surface area contributed by atoms with Crippen molar-refractivity contribution in [1.82, 2.24) is 10.2 Å². The van der Waals surface area contributed by atoms with Gasteiger partial charge in [0.1, 0.15) is 0 Å². The Hall–Kier alpha value is -2.38. The van der Waals surface area contributed by atoms with Crippen LogP contribution in [0.25, 0.3) is 0 Å². The number of carbonyl (C=O) groups is 1. The van der Waals surface area contributed by atoms with Crippen molar-refractivity contribution in [1.29, 1.82) is 0 Å². The smallest absolute Gasteiger partial charge is 0.264 e. The van der Waals surface area contributed by atoms with Gasteiger partial charge in [-0.1, -0.05) is 35.9 Å². The van der Waals surface area contributed by atoms with Crippen molar-refractivity contribution in [2.45, 2.75) is 24.7 Å². The van der Waals surface area contributed by atoms with Gasteiger partial charge in [0.2, 0.25) is 5.91 Å². The predicted molar refractivity (Wildman–Crippen MR) is 113 cm³/mol. The highest BCUT2D eigenvalue weighted by Gasteiger charge is 2.25. The first-order chi connectivity index (χ1) is 13.3. The lowest BCUT2D eigenvalue weighted by Gasteiger charge is -2.24. The SMILES string of the molecule is Cc1ccc(N(CCC(=O)NCCCN(C)C)S(=O)(=O)c2ccccc2)cc1. The lowest BCUT2D eigenvalue weighted by molar-refractivity contribution is -0.120. The van der Waals surface area contributed by atoms with Gasteiger partial charge in [-0.25, -0.2) is 8.42 Å². The van der Waals surface area contributed by atoms with Crippen molar-refractivity contribution in [3.63, 3.8) is 0 Å². The highest BCUT2D eigenvalue weighted by atomic mass is 32.2. The van der Waals surface area contributed by atoms with Crippen molar-refractivity contribution in [3.05, 3.63) is 60.2 Å². The summed E-state index contributed by atoms with van der Waals surface area (Å²) in [6, 6.07) is 15.6. The van der Waals surface area contributed by atoms with Crippen LogP contribution in [0.15, 0.2) is 59.5 Å². The molecule has 0 aliphatic carbocycles.